The lowest BCUT2D eigenvalue weighted by Gasteiger charge is -2.03. The fourth-order valence-corrected chi connectivity index (χ4v) is 3.00. The number of aromatic nitrogens is 5. The first-order valence-corrected chi connectivity index (χ1v) is 8.00. The predicted molar refractivity (Wildman–Crippen MR) is 97.4 cm³/mol. The van der Waals surface area contributed by atoms with Crippen LogP contribution in [-0.4, -0.2) is 24.7 Å². The molecule has 0 saturated carbocycles. The average molecular weight is 323 g/mol. The van der Waals surface area contributed by atoms with Gasteiger partial charge in [0.2, 0.25) is 0 Å². The summed E-state index contributed by atoms with van der Waals surface area (Å²) in [6.45, 7) is 0. The molecule has 0 saturated heterocycles. The minimum Gasteiger partial charge on any atom is -0.244 e. The number of para-hydroxylation sites is 1. The maximum absolute atomic E-state index is 4.79. The molecule has 0 bridgehead atoms. The molecular formula is C20H13N5. The van der Waals surface area contributed by atoms with Gasteiger partial charge in [0.15, 0.2) is 11.5 Å². The van der Waals surface area contributed by atoms with Gasteiger partial charge < -0.3 is 0 Å². The first-order chi connectivity index (χ1) is 12.4. The van der Waals surface area contributed by atoms with Crippen molar-refractivity contribution in [2.75, 3.05) is 0 Å². The molecule has 0 amide bonds. The van der Waals surface area contributed by atoms with Crippen molar-refractivity contribution in [2.24, 2.45) is 0 Å². The van der Waals surface area contributed by atoms with Gasteiger partial charge in [-0.3, -0.25) is 0 Å². The fourth-order valence-electron chi connectivity index (χ4n) is 3.00. The van der Waals surface area contributed by atoms with Gasteiger partial charge in [-0.1, -0.05) is 48.5 Å². The second-order valence-electron chi connectivity index (χ2n) is 5.75. The molecule has 0 unspecified atom stereocenters. The normalized spacial score (nSPS) is 11.2. The molecule has 0 fully saturated rings. The maximum Gasteiger partial charge on any atom is 0.168 e. The smallest absolute Gasteiger partial charge is 0.168 e. The van der Waals surface area contributed by atoms with Crippen LogP contribution in [0.3, 0.4) is 0 Å². The van der Waals surface area contributed by atoms with Crippen LogP contribution < -0.4 is 0 Å². The summed E-state index contributed by atoms with van der Waals surface area (Å²) in [6, 6.07) is 22.1. The lowest BCUT2D eigenvalue weighted by molar-refractivity contribution is 0.871. The molecule has 3 aromatic heterocycles. The zero-order valence-electron chi connectivity index (χ0n) is 13.2. The number of hydrogen-bond donors (Lipinski definition) is 0. The highest BCUT2D eigenvalue weighted by Gasteiger charge is 2.15. The lowest BCUT2D eigenvalue weighted by Crippen LogP contribution is -2.01. The molecule has 5 rings (SSSR count). The Balaban J connectivity index is 1.78. The second kappa shape index (κ2) is 5.49. The maximum atomic E-state index is 4.79. The molecule has 0 radical (unpaired) electrons. The third-order valence-corrected chi connectivity index (χ3v) is 4.19. The Kier molecular flexibility index (Phi) is 3.03. The standard InChI is InChI=1S/C20H13N5/c1-2-7-15(8-3-1)19-16-12-21-13-22-20(16)25(24-19)18-11-10-14-6-4-5-9-17(14)23-18/h1-13H. The summed E-state index contributed by atoms with van der Waals surface area (Å²) in [4.78, 5) is 13.3. The van der Waals surface area contributed by atoms with E-state index in [1.54, 1.807) is 10.9 Å². The molecule has 5 aromatic rings. The third-order valence-electron chi connectivity index (χ3n) is 4.19. The summed E-state index contributed by atoms with van der Waals surface area (Å²) >= 11 is 0. The van der Waals surface area contributed by atoms with Crippen LogP contribution in [0.2, 0.25) is 0 Å². The number of benzene rings is 2. The van der Waals surface area contributed by atoms with Crippen LogP contribution in [0, 0.1) is 0 Å². The van der Waals surface area contributed by atoms with Crippen LogP contribution in [-0.2, 0) is 0 Å². The van der Waals surface area contributed by atoms with E-state index in [0.717, 1.165) is 39.0 Å². The van der Waals surface area contributed by atoms with Crippen molar-refractivity contribution >= 4 is 21.9 Å². The zero-order chi connectivity index (χ0) is 16.6. The summed E-state index contributed by atoms with van der Waals surface area (Å²) in [5.74, 6) is 0.740. The van der Waals surface area contributed by atoms with Gasteiger partial charge in [0, 0.05) is 17.1 Å². The molecule has 0 atom stereocenters. The first kappa shape index (κ1) is 13.8. The first-order valence-electron chi connectivity index (χ1n) is 8.00. The largest absolute Gasteiger partial charge is 0.244 e. The molecule has 0 aliphatic rings. The van der Waals surface area contributed by atoms with Gasteiger partial charge >= 0.3 is 0 Å². The van der Waals surface area contributed by atoms with E-state index in [1.165, 1.54) is 6.33 Å². The van der Waals surface area contributed by atoms with E-state index in [4.69, 9.17) is 10.1 Å². The quantitative estimate of drug-likeness (QED) is 0.492. The SMILES string of the molecule is c1ccc(-c2nn(-c3ccc4ccccc4n3)c3ncncc23)cc1. The molecule has 2 aromatic carbocycles. The summed E-state index contributed by atoms with van der Waals surface area (Å²) < 4.78 is 1.78. The van der Waals surface area contributed by atoms with Crippen molar-refractivity contribution in [3.05, 3.63) is 79.3 Å². The number of nitrogens with zero attached hydrogens (tertiary/aromatic N) is 5. The Hall–Kier alpha value is -3.60. The fraction of sp³-hybridized carbons (Fsp3) is 0. The predicted octanol–water partition coefficient (Wildman–Crippen LogP) is 4.03. The molecule has 0 spiro atoms. The Bertz CT molecular complexity index is 1190. The van der Waals surface area contributed by atoms with E-state index < -0.39 is 0 Å². The number of fused-ring (bicyclic) bond motifs is 2. The molecule has 25 heavy (non-hydrogen) atoms. The van der Waals surface area contributed by atoms with Crippen LogP contribution in [0.5, 0.6) is 0 Å². The van der Waals surface area contributed by atoms with Gasteiger partial charge in [-0.25, -0.2) is 15.0 Å². The zero-order valence-corrected chi connectivity index (χ0v) is 13.2. The lowest BCUT2D eigenvalue weighted by atomic mass is 10.1. The minimum absolute atomic E-state index is 0.740. The van der Waals surface area contributed by atoms with E-state index >= 15 is 0 Å². The Morgan fingerprint density at radius 3 is 2.56 bits per heavy atom. The van der Waals surface area contributed by atoms with Crippen molar-refractivity contribution < 1.29 is 0 Å². The van der Waals surface area contributed by atoms with Crippen LogP contribution in [0.25, 0.3) is 39.0 Å². The summed E-state index contributed by atoms with van der Waals surface area (Å²) in [5, 5.41) is 6.79. The summed E-state index contributed by atoms with van der Waals surface area (Å²) in [6.07, 6.45) is 3.34. The number of hydrogen-bond acceptors (Lipinski definition) is 4. The van der Waals surface area contributed by atoms with Crippen LogP contribution in [0.15, 0.2) is 79.3 Å². The molecule has 118 valence electrons. The highest BCUT2D eigenvalue weighted by Crippen LogP contribution is 2.27. The molecule has 5 nitrogen and oxygen atoms in total. The molecule has 5 heteroatoms. The van der Waals surface area contributed by atoms with E-state index in [0.29, 0.717) is 0 Å². The third kappa shape index (κ3) is 2.25. The number of pyridine rings is 1. The van der Waals surface area contributed by atoms with Crippen LogP contribution in [0.4, 0.5) is 0 Å². The van der Waals surface area contributed by atoms with E-state index in [1.807, 2.05) is 60.7 Å². The molecule has 0 aliphatic heterocycles. The van der Waals surface area contributed by atoms with E-state index in [-0.39, 0.29) is 0 Å². The Morgan fingerprint density at radius 1 is 0.800 bits per heavy atom. The van der Waals surface area contributed by atoms with Crippen LogP contribution in [0.1, 0.15) is 0 Å². The van der Waals surface area contributed by atoms with Gasteiger partial charge in [-0.05, 0) is 18.2 Å². The molecular weight excluding hydrogens is 310 g/mol. The monoisotopic (exact) mass is 323 g/mol. The molecule has 0 N–H and O–H groups in total. The van der Waals surface area contributed by atoms with E-state index in [9.17, 15) is 0 Å². The second-order valence-corrected chi connectivity index (χ2v) is 5.75. The minimum atomic E-state index is 0.740. The molecule has 0 aliphatic carbocycles. The van der Waals surface area contributed by atoms with Crippen molar-refractivity contribution in [1.82, 2.24) is 24.7 Å². The van der Waals surface area contributed by atoms with E-state index in [2.05, 4.69) is 16.0 Å². The van der Waals surface area contributed by atoms with Crippen molar-refractivity contribution in [1.29, 1.82) is 0 Å². The van der Waals surface area contributed by atoms with Gasteiger partial charge in [-0.15, -0.1) is 0 Å². The summed E-state index contributed by atoms with van der Waals surface area (Å²) in [7, 11) is 0. The highest BCUT2D eigenvalue weighted by atomic mass is 15.3. The van der Waals surface area contributed by atoms with Gasteiger partial charge in [0.1, 0.15) is 12.0 Å². The summed E-state index contributed by atoms with van der Waals surface area (Å²) in [5.41, 5.74) is 3.56. The van der Waals surface area contributed by atoms with Gasteiger partial charge in [0.25, 0.3) is 0 Å². The Morgan fingerprint density at radius 2 is 1.64 bits per heavy atom. The Labute approximate surface area is 143 Å². The average Bonchev–Trinajstić information content (AvgIpc) is 3.08. The number of rotatable bonds is 2. The topological polar surface area (TPSA) is 56.5 Å². The van der Waals surface area contributed by atoms with Crippen molar-refractivity contribution in [3.8, 4) is 17.1 Å². The van der Waals surface area contributed by atoms with Crippen molar-refractivity contribution in [3.63, 3.8) is 0 Å². The van der Waals surface area contributed by atoms with Gasteiger partial charge in [-0.2, -0.15) is 9.78 Å². The molecule has 3 heterocycles. The highest BCUT2D eigenvalue weighted by molar-refractivity contribution is 5.91. The van der Waals surface area contributed by atoms with Crippen molar-refractivity contribution in [2.45, 2.75) is 0 Å². The van der Waals surface area contributed by atoms with Crippen LogP contribution >= 0.6 is 0 Å². The van der Waals surface area contributed by atoms with Gasteiger partial charge in [0.05, 0.1) is 10.9 Å².